The Morgan fingerprint density at radius 2 is 1.88 bits per heavy atom. The molecule has 206 valence electrons. The number of benzene rings is 2. The van der Waals surface area contributed by atoms with E-state index in [0.29, 0.717) is 5.56 Å². The molecule has 0 bridgehead atoms. The van der Waals surface area contributed by atoms with Crippen LogP contribution < -0.4 is 10.6 Å². The van der Waals surface area contributed by atoms with Gasteiger partial charge < -0.3 is 15.4 Å². The van der Waals surface area contributed by atoms with Gasteiger partial charge >= 0.3 is 5.97 Å². The molecule has 0 spiro atoms. The number of hydrogen-bond donors (Lipinski definition) is 2. The van der Waals surface area contributed by atoms with E-state index in [1.807, 2.05) is 0 Å². The van der Waals surface area contributed by atoms with Gasteiger partial charge in [0.25, 0.3) is 11.8 Å². The molecule has 0 saturated heterocycles. The highest BCUT2D eigenvalue weighted by atomic mass is 35.5. The maximum atomic E-state index is 14.4. The summed E-state index contributed by atoms with van der Waals surface area (Å²) in [5.41, 5.74) is -0.281. The number of amides is 2. The molecule has 11 nitrogen and oxygen atoms in total. The molecule has 15 heteroatoms. The van der Waals surface area contributed by atoms with Gasteiger partial charge in [0.05, 0.1) is 40.6 Å². The number of methoxy groups -OCH3 is 1. The Labute approximate surface area is 230 Å². The van der Waals surface area contributed by atoms with E-state index in [9.17, 15) is 31.6 Å². The van der Waals surface area contributed by atoms with E-state index in [0.717, 1.165) is 30.0 Å². The number of sulfone groups is 1. The van der Waals surface area contributed by atoms with Crippen molar-refractivity contribution in [3.63, 3.8) is 0 Å². The summed E-state index contributed by atoms with van der Waals surface area (Å²) in [5, 5.41) is 8.79. The number of aromatic nitrogens is 3. The third-order valence-electron chi connectivity index (χ3n) is 6.17. The zero-order valence-electron chi connectivity index (χ0n) is 20.4. The van der Waals surface area contributed by atoms with Gasteiger partial charge in [-0.2, -0.15) is 5.10 Å². The summed E-state index contributed by atoms with van der Waals surface area (Å²) < 4.78 is 58.9. The van der Waals surface area contributed by atoms with Crippen LogP contribution in [0.2, 0.25) is 5.02 Å². The van der Waals surface area contributed by atoms with E-state index in [1.165, 1.54) is 30.3 Å². The van der Waals surface area contributed by atoms with Crippen molar-refractivity contribution in [1.29, 1.82) is 0 Å². The van der Waals surface area contributed by atoms with Gasteiger partial charge in [-0.1, -0.05) is 23.7 Å². The number of halogens is 3. The molecule has 3 heterocycles. The zero-order valence-corrected chi connectivity index (χ0v) is 22.0. The zero-order chi connectivity index (χ0) is 28.8. The first-order valence-electron chi connectivity index (χ1n) is 11.5. The van der Waals surface area contributed by atoms with Crippen LogP contribution in [0.15, 0.2) is 53.6 Å². The van der Waals surface area contributed by atoms with Gasteiger partial charge in [0.2, 0.25) is 0 Å². The van der Waals surface area contributed by atoms with Crippen molar-refractivity contribution in [2.75, 3.05) is 12.9 Å². The van der Waals surface area contributed by atoms with Crippen LogP contribution in [0.4, 0.5) is 8.78 Å². The monoisotopic (exact) mass is 589 g/mol. The molecule has 1 aliphatic heterocycles. The molecule has 4 aromatic rings. The molecule has 5 rings (SSSR count). The average molecular weight is 590 g/mol. The van der Waals surface area contributed by atoms with Crippen molar-refractivity contribution >= 4 is 44.9 Å². The molecule has 2 N–H and O–H groups in total. The Hall–Kier alpha value is -4.43. The lowest BCUT2D eigenvalue weighted by Gasteiger charge is -2.14. The summed E-state index contributed by atoms with van der Waals surface area (Å²) in [6.45, 7) is -0.0702. The molecule has 1 aliphatic rings. The second-order valence-corrected chi connectivity index (χ2v) is 11.1. The Balaban J connectivity index is 1.43. The SMILES string of the molecule is COC(=O)c1ccc2c(c1)S(=O)(=O)CC2NC(=O)c1cc(C(=O)NCc2ccc(F)c(Cl)c2)nc2c(F)cnn12. The van der Waals surface area contributed by atoms with Crippen molar-refractivity contribution in [3.05, 3.63) is 93.4 Å². The Bertz CT molecular complexity index is 1830. The fourth-order valence-electron chi connectivity index (χ4n) is 4.22. The van der Waals surface area contributed by atoms with Crippen LogP contribution in [0, 0.1) is 11.6 Å². The maximum Gasteiger partial charge on any atom is 0.337 e. The van der Waals surface area contributed by atoms with Crippen molar-refractivity contribution < 1.29 is 36.3 Å². The molecule has 2 amide bonds. The smallest absolute Gasteiger partial charge is 0.337 e. The quantitative estimate of drug-likeness (QED) is 0.326. The molecule has 0 aliphatic carbocycles. The minimum Gasteiger partial charge on any atom is -0.465 e. The minimum absolute atomic E-state index is 0.0261. The van der Waals surface area contributed by atoms with E-state index >= 15 is 0 Å². The summed E-state index contributed by atoms with van der Waals surface area (Å²) >= 11 is 5.77. The third-order valence-corrected chi connectivity index (χ3v) is 8.25. The lowest BCUT2D eigenvalue weighted by molar-refractivity contribution is 0.0600. The van der Waals surface area contributed by atoms with E-state index in [-0.39, 0.29) is 39.0 Å². The lowest BCUT2D eigenvalue weighted by Crippen LogP contribution is -2.32. The number of carbonyl (C=O) groups is 3. The minimum atomic E-state index is -3.86. The predicted octanol–water partition coefficient (Wildman–Crippen LogP) is 2.64. The fourth-order valence-corrected chi connectivity index (χ4v) is 6.18. The molecule has 40 heavy (non-hydrogen) atoms. The topological polar surface area (TPSA) is 149 Å². The molecule has 2 aromatic heterocycles. The number of carbonyl (C=O) groups excluding carboxylic acids is 3. The largest absolute Gasteiger partial charge is 0.465 e. The standard InChI is InChI=1S/C25H18ClF2N5O6S/c1-39-25(36)13-3-4-14-19(11-40(37,38)21(14)7-13)32-24(35)20-8-18(31-22-17(28)10-30-33(20)22)23(34)29-9-12-2-5-16(27)15(26)6-12/h2-8,10,19H,9,11H2,1H3,(H,29,34)(H,32,35). The van der Waals surface area contributed by atoms with E-state index in [1.54, 1.807) is 0 Å². The van der Waals surface area contributed by atoms with Crippen LogP contribution in [0.25, 0.3) is 5.65 Å². The van der Waals surface area contributed by atoms with Crippen LogP contribution in [0.1, 0.15) is 48.5 Å². The molecular weight excluding hydrogens is 572 g/mol. The number of fused-ring (bicyclic) bond motifs is 2. The van der Waals surface area contributed by atoms with Crippen LogP contribution in [0.5, 0.6) is 0 Å². The van der Waals surface area contributed by atoms with Crippen molar-refractivity contribution in [1.82, 2.24) is 25.2 Å². The average Bonchev–Trinajstić information content (AvgIpc) is 3.43. The number of nitrogens with one attached hydrogen (secondary N) is 2. The van der Waals surface area contributed by atoms with E-state index in [2.05, 4.69) is 25.5 Å². The summed E-state index contributed by atoms with van der Waals surface area (Å²) in [6, 6.07) is 7.88. The predicted molar refractivity (Wildman–Crippen MR) is 136 cm³/mol. The van der Waals surface area contributed by atoms with E-state index < -0.39 is 56.7 Å². The van der Waals surface area contributed by atoms with E-state index in [4.69, 9.17) is 11.6 Å². The first-order valence-corrected chi connectivity index (χ1v) is 13.5. The number of ether oxygens (including phenoxy) is 1. The number of hydrogen-bond acceptors (Lipinski definition) is 8. The number of nitrogens with zero attached hydrogens (tertiary/aromatic N) is 3. The van der Waals surface area contributed by atoms with Crippen LogP contribution in [0.3, 0.4) is 0 Å². The highest BCUT2D eigenvalue weighted by molar-refractivity contribution is 7.91. The molecule has 0 fully saturated rings. The number of rotatable bonds is 6. The van der Waals surface area contributed by atoms with Gasteiger partial charge in [-0.25, -0.2) is 31.5 Å². The molecule has 1 unspecified atom stereocenters. The van der Waals surface area contributed by atoms with Gasteiger partial charge in [0, 0.05) is 12.6 Å². The maximum absolute atomic E-state index is 14.4. The van der Waals surface area contributed by atoms with Crippen LogP contribution in [-0.4, -0.2) is 53.7 Å². The van der Waals surface area contributed by atoms with Crippen LogP contribution in [-0.2, 0) is 21.1 Å². The highest BCUT2D eigenvalue weighted by Gasteiger charge is 2.37. The lowest BCUT2D eigenvalue weighted by atomic mass is 10.1. The molecular formula is C25H18ClF2N5O6S. The summed E-state index contributed by atoms with van der Waals surface area (Å²) in [4.78, 5) is 41.8. The van der Waals surface area contributed by atoms with Crippen molar-refractivity contribution in [2.45, 2.75) is 17.5 Å². The highest BCUT2D eigenvalue weighted by Crippen LogP contribution is 2.34. The summed E-state index contributed by atoms with van der Waals surface area (Å²) in [5.74, 6) is -4.38. The second-order valence-electron chi connectivity index (χ2n) is 8.74. The fraction of sp³-hybridized carbons (Fsp3) is 0.160. The Morgan fingerprint density at radius 1 is 1.10 bits per heavy atom. The molecule has 0 radical (unpaired) electrons. The summed E-state index contributed by atoms with van der Waals surface area (Å²) in [6.07, 6.45) is 0.810. The molecule has 0 saturated carbocycles. The van der Waals surface area contributed by atoms with Gasteiger partial charge in [-0.05, 0) is 35.4 Å². The number of esters is 1. The second kappa shape index (κ2) is 10.3. The first-order chi connectivity index (χ1) is 19.0. The van der Waals surface area contributed by atoms with Crippen molar-refractivity contribution in [3.8, 4) is 0 Å². The van der Waals surface area contributed by atoms with Gasteiger partial charge in [-0.15, -0.1) is 0 Å². The van der Waals surface area contributed by atoms with Gasteiger partial charge in [-0.3, -0.25) is 9.59 Å². The molecule has 2 aromatic carbocycles. The van der Waals surface area contributed by atoms with Gasteiger partial charge in [0.1, 0.15) is 17.2 Å². The normalized spacial score (nSPS) is 15.4. The van der Waals surface area contributed by atoms with Gasteiger partial charge in [0.15, 0.2) is 21.3 Å². The van der Waals surface area contributed by atoms with Crippen molar-refractivity contribution in [2.24, 2.45) is 0 Å². The molecule has 1 atom stereocenters. The Kier molecular flexibility index (Phi) is 6.98. The van der Waals surface area contributed by atoms with Crippen LogP contribution >= 0.6 is 11.6 Å². The third kappa shape index (κ3) is 4.98. The Morgan fingerprint density at radius 3 is 2.60 bits per heavy atom. The summed E-state index contributed by atoms with van der Waals surface area (Å²) in [7, 11) is -2.70. The first kappa shape index (κ1) is 27.1.